The molecule has 0 saturated carbocycles. The molecule has 2 rings (SSSR count). The quantitative estimate of drug-likeness (QED) is 0.871. The van der Waals surface area contributed by atoms with Gasteiger partial charge in [-0.25, -0.2) is 13.2 Å². The highest BCUT2D eigenvalue weighted by Crippen LogP contribution is 2.40. The van der Waals surface area contributed by atoms with Crippen LogP contribution in [-0.4, -0.2) is 48.7 Å². The van der Waals surface area contributed by atoms with E-state index in [2.05, 4.69) is 21.2 Å². The Morgan fingerprint density at radius 1 is 1.35 bits per heavy atom. The molecular weight excluding hydrogens is 337 g/mol. The Labute approximate surface area is 123 Å². The zero-order valence-corrected chi connectivity index (χ0v) is 12.3. The van der Waals surface area contributed by atoms with E-state index < -0.39 is 24.4 Å². The molecule has 1 atom stereocenters. The summed E-state index contributed by atoms with van der Waals surface area (Å²) in [5.41, 5.74) is -0.103. The molecule has 0 bridgehead atoms. The summed E-state index contributed by atoms with van der Waals surface area (Å²) in [5, 5.41) is 12.1. The molecule has 3 nitrogen and oxygen atoms in total. The lowest BCUT2D eigenvalue weighted by atomic mass is 9.97. The number of alkyl halides is 2. The Morgan fingerprint density at radius 3 is 2.55 bits per heavy atom. The number of hydrogen-bond acceptors (Lipinski definition) is 3. The maximum absolute atomic E-state index is 14.1. The molecule has 2 N–H and O–H groups in total. The molecule has 0 radical (unpaired) electrons. The Hall–Kier alpha value is -0.630. The number of aliphatic hydroxyl groups excluding tert-OH is 1. The van der Waals surface area contributed by atoms with Gasteiger partial charge in [-0.15, -0.1) is 0 Å². The van der Waals surface area contributed by atoms with E-state index in [9.17, 15) is 13.2 Å². The van der Waals surface area contributed by atoms with E-state index >= 15 is 0 Å². The molecule has 7 heteroatoms. The van der Waals surface area contributed by atoms with Gasteiger partial charge in [-0.3, -0.25) is 4.90 Å². The van der Waals surface area contributed by atoms with Gasteiger partial charge in [0.15, 0.2) is 0 Å². The van der Waals surface area contributed by atoms with Crippen molar-refractivity contribution in [3.05, 3.63) is 34.1 Å². The second-order valence-electron chi connectivity index (χ2n) is 4.74. The van der Waals surface area contributed by atoms with Gasteiger partial charge < -0.3 is 10.4 Å². The average molecular weight is 353 g/mol. The Kier molecular flexibility index (Phi) is 5.06. The number of halogens is 4. The van der Waals surface area contributed by atoms with Crippen LogP contribution in [0.4, 0.5) is 13.2 Å². The second kappa shape index (κ2) is 6.43. The van der Waals surface area contributed by atoms with Gasteiger partial charge in [0.25, 0.3) is 5.92 Å². The zero-order chi connectivity index (χ0) is 14.8. The summed E-state index contributed by atoms with van der Waals surface area (Å²) in [6.45, 7) is 0.554. The third kappa shape index (κ3) is 3.16. The summed E-state index contributed by atoms with van der Waals surface area (Å²) in [4.78, 5) is 1.51. The smallest absolute Gasteiger partial charge is 0.290 e. The minimum absolute atomic E-state index is 0.103. The van der Waals surface area contributed by atoms with E-state index in [0.29, 0.717) is 26.2 Å². The summed E-state index contributed by atoms with van der Waals surface area (Å²) in [6.07, 6.45) is 0. The molecule has 0 aromatic heterocycles. The molecule has 0 spiro atoms. The fourth-order valence-corrected chi connectivity index (χ4v) is 3.02. The van der Waals surface area contributed by atoms with Crippen LogP contribution in [0.1, 0.15) is 11.6 Å². The lowest BCUT2D eigenvalue weighted by Gasteiger charge is -2.39. The number of nitrogens with zero attached hydrogens (tertiary/aromatic N) is 1. The maximum Gasteiger partial charge on any atom is 0.290 e. The minimum atomic E-state index is -3.41. The van der Waals surface area contributed by atoms with Crippen LogP contribution < -0.4 is 5.32 Å². The van der Waals surface area contributed by atoms with Crippen LogP contribution >= 0.6 is 15.9 Å². The van der Waals surface area contributed by atoms with Crippen molar-refractivity contribution in [3.63, 3.8) is 0 Å². The van der Waals surface area contributed by atoms with Gasteiger partial charge in [0.05, 0.1) is 0 Å². The number of benzene rings is 1. The van der Waals surface area contributed by atoms with Crippen molar-refractivity contribution < 1.29 is 18.3 Å². The van der Waals surface area contributed by atoms with Crippen LogP contribution in [0.2, 0.25) is 0 Å². The highest BCUT2D eigenvalue weighted by molar-refractivity contribution is 9.10. The first-order chi connectivity index (χ1) is 9.47. The van der Waals surface area contributed by atoms with Crippen LogP contribution in [0, 0.1) is 5.82 Å². The molecule has 0 aliphatic carbocycles. The van der Waals surface area contributed by atoms with Crippen LogP contribution in [0.15, 0.2) is 22.7 Å². The first-order valence-electron chi connectivity index (χ1n) is 6.34. The third-order valence-electron chi connectivity index (χ3n) is 3.40. The SMILES string of the molecule is OCC(F)(F)[C@H](c1c(F)cccc1Br)N1CCNCC1. The maximum atomic E-state index is 14.1. The van der Waals surface area contributed by atoms with Crippen LogP contribution in [-0.2, 0) is 0 Å². The number of hydrogen-bond donors (Lipinski definition) is 2. The van der Waals surface area contributed by atoms with Gasteiger partial charge in [-0.1, -0.05) is 22.0 Å². The number of aliphatic hydroxyl groups is 1. The van der Waals surface area contributed by atoms with Gasteiger partial charge in [0.1, 0.15) is 18.5 Å². The molecule has 1 aliphatic heterocycles. The van der Waals surface area contributed by atoms with Gasteiger partial charge in [-0.2, -0.15) is 0 Å². The van der Waals surface area contributed by atoms with Crippen LogP contribution in [0.25, 0.3) is 0 Å². The normalized spacial score (nSPS) is 19.1. The molecule has 1 aliphatic rings. The van der Waals surface area contributed by atoms with E-state index in [-0.39, 0.29) is 10.0 Å². The molecule has 20 heavy (non-hydrogen) atoms. The monoisotopic (exact) mass is 352 g/mol. The Morgan fingerprint density at radius 2 is 2.00 bits per heavy atom. The first kappa shape index (κ1) is 15.8. The summed E-state index contributed by atoms with van der Waals surface area (Å²) < 4.78 is 42.6. The molecule has 0 amide bonds. The number of piperazine rings is 1. The molecule has 112 valence electrons. The van der Waals surface area contributed by atoms with E-state index in [4.69, 9.17) is 5.11 Å². The molecule has 1 saturated heterocycles. The summed E-state index contributed by atoms with van der Waals surface area (Å²) in [5.74, 6) is -4.11. The molecule has 0 unspecified atom stereocenters. The third-order valence-corrected chi connectivity index (χ3v) is 4.09. The molecule has 1 aromatic carbocycles. The largest absolute Gasteiger partial charge is 0.390 e. The van der Waals surface area contributed by atoms with E-state index in [1.807, 2.05) is 0 Å². The van der Waals surface area contributed by atoms with Gasteiger partial charge in [-0.05, 0) is 12.1 Å². The minimum Gasteiger partial charge on any atom is -0.390 e. The standard InChI is InChI=1S/C13H16BrF3N2O/c14-9-2-1-3-10(15)11(9)12(13(16,17)8-20)19-6-4-18-5-7-19/h1-3,12,18,20H,4-8H2/t12-/m0/s1. The zero-order valence-electron chi connectivity index (χ0n) is 10.8. The molecule has 1 heterocycles. The van der Waals surface area contributed by atoms with Gasteiger partial charge in [0.2, 0.25) is 0 Å². The van der Waals surface area contributed by atoms with Gasteiger partial charge in [0, 0.05) is 36.2 Å². The van der Waals surface area contributed by atoms with Crippen molar-refractivity contribution in [3.8, 4) is 0 Å². The average Bonchev–Trinajstić information content (AvgIpc) is 2.43. The van der Waals surface area contributed by atoms with Crippen molar-refractivity contribution >= 4 is 15.9 Å². The van der Waals surface area contributed by atoms with Crippen LogP contribution in [0.5, 0.6) is 0 Å². The van der Waals surface area contributed by atoms with Crippen molar-refractivity contribution in [2.75, 3.05) is 32.8 Å². The molecule has 1 fully saturated rings. The van der Waals surface area contributed by atoms with Crippen molar-refractivity contribution in [2.45, 2.75) is 12.0 Å². The molecular formula is C13H16BrF3N2O. The van der Waals surface area contributed by atoms with E-state index in [1.165, 1.54) is 17.0 Å². The second-order valence-corrected chi connectivity index (χ2v) is 5.60. The molecule has 1 aromatic rings. The highest BCUT2D eigenvalue weighted by Gasteiger charge is 2.46. The lowest BCUT2D eigenvalue weighted by molar-refractivity contribution is -0.119. The highest BCUT2D eigenvalue weighted by atomic mass is 79.9. The summed E-state index contributed by atoms with van der Waals surface area (Å²) in [7, 11) is 0. The number of rotatable bonds is 4. The number of nitrogens with one attached hydrogen (secondary N) is 1. The van der Waals surface area contributed by atoms with Crippen molar-refractivity contribution in [1.29, 1.82) is 0 Å². The topological polar surface area (TPSA) is 35.5 Å². The Balaban J connectivity index is 2.45. The van der Waals surface area contributed by atoms with E-state index in [0.717, 1.165) is 6.07 Å². The summed E-state index contributed by atoms with van der Waals surface area (Å²) in [6, 6.07) is 2.66. The van der Waals surface area contributed by atoms with Crippen molar-refractivity contribution in [2.24, 2.45) is 0 Å². The first-order valence-corrected chi connectivity index (χ1v) is 7.14. The summed E-state index contributed by atoms with van der Waals surface area (Å²) >= 11 is 3.14. The van der Waals surface area contributed by atoms with Crippen molar-refractivity contribution in [1.82, 2.24) is 10.2 Å². The van der Waals surface area contributed by atoms with E-state index in [1.54, 1.807) is 0 Å². The predicted molar refractivity (Wildman–Crippen MR) is 73.3 cm³/mol. The fourth-order valence-electron chi connectivity index (χ4n) is 2.46. The van der Waals surface area contributed by atoms with Crippen LogP contribution in [0.3, 0.4) is 0 Å². The predicted octanol–water partition coefficient (Wildman–Crippen LogP) is 2.16. The fraction of sp³-hybridized carbons (Fsp3) is 0.538. The Bertz CT molecular complexity index is 447. The van der Waals surface area contributed by atoms with Gasteiger partial charge >= 0.3 is 0 Å². The lowest BCUT2D eigenvalue weighted by Crippen LogP contribution is -2.51.